The summed E-state index contributed by atoms with van der Waals surface area (Å²) >= 11 is 0. The molecule has 0 saturated carbocycles. The predicted molar refractivity (Wildman–Crippen MR) is 72.6 cm³/mol. The lowest BCUT2D eigenvalue weighted by atomic mass is 10.1. The number of benzene rings is 1. The van der Waals surface area contributed by atoms with Gasteiger partial charge >= 0.3 is 0 Å². The highest BCUT2D eigenvalue weighted by Crippen LogP contribution is 2.12. The normalized spacial score (nSPS) is 10.4. The van der Waals surface area contributed by atoms with E-state index in [0.29, 0.717) is 30.0 Å². The van der Waals surface area contributed by atoms with Crippen LogP contribution in [0, 0.1) is 6.92 Å². The number of hydrogen-bond donors (Lipinski definition) is 2. The van der Waals surface area contributed by atoms with Crippen molar-refractivity contribution < 1.29 is 4.79 Å². The molecule has 0 aliphatic heterocycles. The van der Waals surface area contributed by atoms with Crippen LogP contribution in [0.3, 0.4) is 0 Å². The predicted octanol–water partition coefficient (Wildman–Crippen LogP) is 0.678. The van der Waals surface area contributed by atoms with Crippen molar-refractivity contribution in [3.63, 3.8) is 0 Å². The molecule has 0 saturated heterocycles. The third-order valence-electron chi connectivity index (χ3n) is 2.82. The molecule has 1 aromatic heterocycles. The second kappa shape index (κ2) is 5.51. The second-order valence-corrected chi connectivity index (χ2v) is 4.41. The monoisotopic (exact) mass is 259 g/mol. The van der Waals surface area contributed by atoms with E-state index in [1.54, 1.807) is 23.1 Å². The highest BCUT2D eigenvalue weighted by molar-refractivity contribution is 5.95. The Morgan fingerprint density at radius 2 is 2.26 bits per heavy atom. The smallest absolute Gasteiger partial charge is 0.251 e. The molecule has 0 spiro atoms. The van der Waals surface area contributed by atoms with Gasteiger partial charge in [-0.1, -0.05) is 6.07 Å². The zero-order valence-corrected chi connectivity index (χ0v) is 11.1. The van der Waals surface area contributed by atoms with Crippen molar-refractivity contribution in [2.75, 3.05) is 12.3 Å². The zero-order chi connectivity index (χ0) is 13.8. The van der Waals surface area contributed by atoms with Crippen LogP contribution >= 0.6 is 0 Å². The highest BCUT2D eigenvalue weighted by Gasteiger charge is 2.07. The minimum Gasteiger partial charge on any atom is -0.398 e. The number of anilines is 1. The average molecular weight is 259 g/mol. The van der Waals surface area contributed by atoms with E-state index in [1.165, 1.54) is 0 Å². The number of carbonyl (C=O) groups is 1. The Kier molecular flexibility index (Phi) is 3.79. The molecule has 0 bridgehead atoms. The van der Waals surface area contributed by atoms with Crippen molar-refractivity contribution >= 4 is 11.6 Å². The fourth-order valence-electron chi connectivity index (χ4n) is 1.67. The molecule has 0 radical (unpaired) electrons. The number of amides is 1. The lowest BCUT2D eigenvalue weighted by Crippen LogP contribution is -2.26. The SMILES string of the molecule is Cc1ccc(C(=O)NCCc2ncn(C)n2)cc1N. The molecular weight excluding hydrogens is 242 g/mol. The van der Waals surface area contributed by atoms with E-state index in [-0.39, 0.29) is 5.91 Å². The van der Waals surface area contributed by atoms with Crippen LogP contribution in [-0.4, -0.2) is 27.2 Å². The summed E-state index contributed by atoms with van der Waals surface area (Å²) in [5.41, 5.74) is 7.94. The maximum Gasteiger partial charge on any atom is 0.251 e. The van der Waals surface area contributed by atoms with Gasteiger partial charge in [0.1, 0.15) is 6.33 Å². The van der Waals surface area contributed by atoms with Crippen LogP contribution in [0.4, 0.5) is 5.69 Å². The molecule has 0 atom stereocenters. The van der Waals surface area contributed by atoms with Crippen molar-refractivity contribution in [1.82, 2.24) is 20.1 Å². The molecule has 6 nitrogen and oxygen atoms in total. The number of aryl methyl sites for hydroxylation is 2. The Hall–Kier alpha value is -2.37. The van der Waals surface area contributed by atoms with E-state index in [1.807, 2.05) is 20.0 Å². The number of nitrogen functional groups attached to an aromatic ring is 1. The lowest BCUT2D eigenvalue weighted by Gasteiger charge is -2.06. The summed E-state index contributed by atoms with van der Waals surface area (Å²) in [4.78, 5) is 16.0. The average Bonchev–Trinajstić information content (AvgIpc) is 2.78. The fraction of sp³-hybridized carbons (Fsp3) is 0.308. The molecule has 2 aromatic rings. The van der Waals surface area contributed by atoms with Crippen molar-refractivity contribution in [1.29, 1.82) is 0 Å². The maximum atomic E-state index is 11.9. The van der Waals surface area contributed by atoms with E-state index in [2.05, 4.69) is 15.4 Å². The molecule has 0 unspecified atom stereocenters. The Morgan fingerprint density at radius 1 is 1.47 bits per heavy atom. The quantitative estimate of drug-likeness (QED) is 0.790. The first-order valence-corrected chi connectivity index (χ1v) is 6.05. The van der Waals surface area contributed by atoms with E-state index in [9.17, 15) is 4.79 Å². The van der Waals surface area contributed by atoms with Gasteiger partial charge in [-0.05, 0) is 24.6 Å². The molecular formula is C13H17N5O. The van der Waals surface area contributed by atoms with Gasteiger partial charge in [0, 0.05) is 31.3 Å². The maximum absolute atomic E-state index is 11.9. The van der Waals surface area contributed by atoms with E-state index < -0.39 is 0 Å². The van der Waals surface area contributed by atoms with Gasteiger partial charge < -0.3 is 11.1 Å². The van der Waals surface area contributed by atoms with Gasteiger partial charge in [0.05, 0.1) is 0 Å². The van der Waals surface area contributed by atoms with Gasteiger partial charge in [-0.15, -0.1) is 0 Å². The Bertz CT molecular complexity index is 590. The fourth-order valence-corrected chi connectivity index (χ4v) is 1.67. The van der Waals surface area contributed by atoms with E-state index in [4.69, 9.17) is 5.73 Å². The summed E-state index contributed by atoms with van der Waals surface area (Å²) < 4.78 is 1.64. The summed E-state index contributed by atoms with van der Waals surface area (Å²) in [7, 11) is 1.81. The molecule has 3 N–H and O–H groups in total. The van der Waals surface area contributed by atoms with Gasteiger partial charge in [0.25, 0.3) is 5.91 Å². The molecule has 0 fully saturated rings. The van der Waals surface area contributed by atoms with Crippen LogP contribution in [-0.2, 0) is 13.5 Å². The Balaban J connectivity index is 1.89. The largest absolute Gasteiger partial charge is 0.398 e. The third-order valence-corrected chi connectivity index (χ3v) is 2.82. The standard InChI is InChI=1S/C13H17N5O/c1-9-3-4-10(7-11(9)14)13(19)15-6-5-12-16-8-18(2)17-12/h3-4,7-8H,5-6,14H2,1-2H3,(H,15,19). The minimum atomic E-state index is -0.136. The molecule has 1 aromatic carbocycles. The van der Waals surface area contributed by atoms with Crippen molar-refractivity contribution in [3.05, 3.63) is 41.5 Å². The van der Waals surface area contributed by atoms with Gasteiger partial charge in [-0.2, -0.15) is 5.10 Å². The Labute approximate surface area is 111 Å². The summed E-state index contributed by atoms with van der Waals surface area (Å²) in [5, 5.41) is 6.96. The highest BCUT2D eigenvalue weighted by atomic mass is 16.1. The number of carbonyl (C=O) groups excluding carboxylic acids is 1. The van der Waals surface area contributed by atoms with Gasteiger partial charge in [-0.3, -0.25) is 9.48 Å². The molecule has 2 rings (SSSR count). The summed E-state index contributed by atoms with van der Waals surface area (Å²) in [6.07, 6.45) is 2.24. The molecule has 1 heterocycles. The van der Waals surface area contributed by atoms with E-state index in [0.717, 1.165) is 5.56 Å². The molecule has 19 heavy (non-hydrogen) atoms. The third kappa shape index (κ3) is 3.31. The van der Waals surface area contributed by atoms with Crippen LogP contribution in [0.25, 0.3) is 0 Å². The van der Waals surface area contributed by atoms with Crippen LogP contribution in [0.5, 0.6) is 0 Å². The van der Waals surface area contributed by atoms with Gasteiger partial charge in [0.15, 0.2) is 5.82 Å². The topological polar surface area (TPSA) is 85.8 Å². The van der Waals surface area contributed by atoms with Crippen molar-refractivity contribution in [2.45, 2.75) is 13.3 Å². The first kappa shape index (κ1) is 13.1. The summed E-state index contributed by atoms with van der Waals surface area (Å²) in [5.74, 6) is 0.578. The number of nitrogens with zero attached hydrogens (tertiary/aromatic N) is 3. The van der Waals surface area contributed by atoms with Crippen molar-refractivity contribution in [2.24, 2.45) is 7.05 Å². The van der Waals surface area contributed by atoms with E-state index >= 15 is 0 Å². The number of hydrogen-bond acceptors (Lipinski definition) is 4. The minimum absolute atomic E-state index is 0.136. The molecule has 1 amide bonds. The number of aromatic nitrogens is 3. The number of rotatable bonds is 4. The molecule has 6 heteroatoms. The zero-order valence-electron chi connectivity index (χ0n) is 11.1. The Morgan fingerprint density at radius 3 is 2.89 bits per heavy atom. The van der Waals surface area contributed by atoms with Crippen LogP contribution in [0.15, 0.2) is 24.5 Å². The van der Waals surface area contributed by atoms with Crippen LogP contribution in [0.2, 0.25) is 0 Å². The van der Waals surface area contributed by atoms with Gasteiger partial charge in [0.2, 0.25) is 0 Å². The van der Waals surface area contributed by atoms with Gasteiger partial charge in [-0.25, -0.2) is 4.98 Å². The number of nitrogens with one attached hydrogen (secondary N) is 1. The summed E-state index contributed by atoms with van der Waals surface area (Å²) in [6.45, 7) is 2.40. The lowest BCUT2D eigenvalue weighted by molar-refractivity contribution is 0.0954. The van der Waals surface area contributed by atoms with Crippen molar-refractivity contribution in [3.8, 4) is 0 Å². The van der Waals surface area contributed by atoms with Crippen LogP contribution in [0.1, 0.15) is 21.7 Å². The first-order chi connectivity index (χ1) is 9.06. The first-order valence-electron chi connectivity index (χ1n) is 6.05. The summed E-state index contributed by atoms with van der Waals surface area (Å²) in [6, 6.07) is 5.29. The molecule has 100 valence electrons. The second-order valence-electron chi connectivity index (χ2n) is 4.41. The molecule has 0 aliphatic rings. The van der Waals surface area contributed by atoms with Crippen LogP contribution < -0.4 is 11.1 Å². The number of nitrogens with two attached hydrogens (primary N) is 1. The molecule has 0 aliphatic carbocycles.